The van der Waals surface area contributed by atoms with Crippen LogP contribution in [0.3, 0.4) is 0 Å². The van der Waals surface area contributed by atoms with Crippen LogP contribution in [0.15, 0.2) is 12.2 Å². The van der Waals surface area contributed by atoms with Crippen LogP contribution in [0.4, 0.5) is 0 Å². The fourth-order valence-corrected chi connectivity index (χ4v) is 5.61. The van der Waals surface area contributed by atoms with Crippen molar-refractivity contribution in [2.24, 2.45) is 29.1 Å². The van der Waals surface area contributed by atoms with Gasteiger partial charge in [-0.25, -0.2) is 9.59 Å². The van der Waals surface area contributed by atoms with Gasteiger partial charge in [0.2, 0.25) is 0 Å². The molecular formula is C19H28O4. The second-order valence-electron chi connectivity index (χ2n) is 8.40. The van der Waals surface area contributed by atoms with E-state index in [1.807, 2.05) is 0 Å². The summed E-state index contributed by atoms with van der Waals surface area (Å²) < 4.78 is 11.0. The number of hydrogen-bond acceptors (Lipinski definition) is 4. The van der Waals surface area contributed by atoms with E-state index in [0.717, 1.165) is 6.42 Å². The Morgan fingerprint density at radius 2 is 1.96 bits per heavy atom. The van der Waals surface area contributed by atoms with E-state index < -0.39 is 11.9 Å². The average molecular weight is 320 g/mol. The Labute approximate surface area is 138 Å². The molecule has 0 aromatic rings. The van der Waals surface area contributed by atoms with E-state index in [0.29, 0.717) is 28.7 Å². The van der Waals surface area contributed by atoms with Gasteiger partial charge < -0.3 is 9.47 Å². The summed E-state index contributed by atoms with van der Waals surface area (Å²) in [4.78, 5) is 23.8. The monoisotopic (exact) mass is 320 g/mol. The third kappa shape index (κ3) is 2.50. The average Bonchev–Trinajstić information content (AvgIpc) is 3.08. The van der Waals surface area contributed by atoms with Gasteiger partial charge in [-0.3, -0.25) is 0 Å². The fourth-order valence-electron chi connectivity index (χ4n) is 5.61. The van der Waals surface area contributed by atoms with E-state index in [1.165, 1.54) is 19.3 Å². The van der Waals surface area contributed by atoms with Crippen molar-refractivity contribution in [1.29, 1.82) is 0 Å². The molecule has 0 aromatic carbocycles. The van der Waals surface area contributed by atoms with Crippen molar-refractivity contribution in [2.75, 3.05) is 6.61 Å². The summed E-state index contributed by atoms with van der Waals surface area (Å²) in [6.45, 7) is 11.4. The molecule has 0 saturated heterocycles. The maximum absolute atomic E-state index is 12.3. The number of carbonyl (C=O) groups is 2. The van der Waals surface area contributed by atoms with E-state index in [-0.39, 0.29) is 18.1 Å². The van der Waals surface area contributed by atoms with Gasteiger partial charge in [0.1, 0.15) is 5.60 Å². The molecule has 0 aliphatic heterocycles. The lowest BCUT2D eigenvalue weighted by Crippen LogP contribution is -2.48. The summed E-state index contributed by atoms with van der Waals surface area (Å²) in [5.41, 5.74) is 0.349. The molecule has 0 aromatic heterocycles. The lowest BCUT2D eigenvalue weighted by Gasteiger charge is -2.42. The molecule has 3 aliphatic carbocycles. The lowest BCUT2D eigenvalue weighted by atomic mass is 9.71. The molecule has 5 unspecified atom stereocenters. The van der Waals surface area contributed by atoms with Crippen LogP contribution in [-0.4, -0.2) is 24.1 Å². The van der Waals surface area contributed by atoms with Crippen LogP contribution in [0.2, 0.25) is 0 Å². The maximum Gasteiger partial charge on any atom is 0.344 e. The molecule has 3 aliphatic rings. The Hall–Kier alpha value is -1.32. The predicted octanol–water partition coefficient (Wildman–Crippen LogP) is 3.50. The van der Waals surface area contributed by atoms with Crippen LogP contribution in [0, 0.1) is 29.1 Å². The first-order chi connectivity index (χ1) is 10.7. The summed E-state index contributed by atoms with van der Waals surface area (Å²) in [6.07, 6.45) is 4.78. The van der Waals surface area contributed by atoms with Crippen molar-refractivity contribution >= 4 is 11.9 Å². The Bertz CT molecular complexity index is 552. The van der Waals surface area contributed by atoms with Gasteiger partial charge in [-0.1, -0.05) is 27.4 Å². The number of ether oxygens (including phenoxy) is 2. The normalized spacial score (nSPS) is 40.5. The summed E-state index contributed by atoms with van der Waals surface area (Å²) >= 11 is 0. The van der Waals surface area contributed by atoms with Crippen LogP contribution >= 0.6 is 0 Å². The predicted molar refractivity (Wildman–Crippen MR) is 86.5 cm³/mol. The highest BCUT2D eigenvalue weighted by atomic mass is 16.6. The molecule has 0 heterocycles. The minimum atomic E-state index is -0.540. The molecule has 4 heteroatoms. The third-order valence-electron chi connectivity index (χ3n) is 6.33. The molecule has 3 fully saturated rings. The van der Waals surface area contributed by atoms with Crippen molar-refractivity contribution in [1.82, 2.24) is 0 Å². The topological polar surface area (TPSA) is 52.6 Å². The quantitative estimate of drug-likeness (QED) is 0.575. The van der Waals surface area contributed by atoms with E-state index in [4.69, 9.17) is 9.47 Å². The van der Waals surface area contributed by atoms with Crippen molar-refractivity contribution < 1.29 is 19.1 Å². The van der Waals surface area contributed by atoms with Gasteiger partial charge in [0.25, 0.3) is 0 Å². The molecule has 5 atom stereocenters. The van der Waals surface area contributed by atoms with E-state index in [2.05, 4.69) is 27.4 Å². The summed E-state index contributed by atoms with van der Waals surface area (Å²) in [6, 6.07) is 0. The molecule has 0 radical (unpaired) electrons. The van der Waals surface area contributed by atoms with Crippen LogP contribution in [0.5, 0.6) is 0 Å². The third-order valence-corrected chi connectivity index (χ3v) is 6.33. The molecule has 2 bridgehead atoms. The Kier molecular flexibility index (Phi) is 3.85. The number of esters is 2. The van der Waals surface area contributed by atoms with Crippen LogP contribution in [-0.2, 0) is 19.1 Å². The largest absolute Gasteiger partial charge is 0.456 e. The lowest BCUT2D eigenvalue weighted by molar-refractivity contribution is -0.182. The van der Waals surface area contributed by atoms with Gasteiger partial charge in [0, 0.05) is 17.4 Å². The molecule has 3 saturated carbocycles. The highest BCUT2D eigenvalue weighted by Crippen LogP contribution is 2.77. The zero-order valence-electron chi connectivity index (χ0n) is 14.7. The smallest absolute Gasteiger partial charge is 0.344 e. The van der Waals surface area contributed by atoms with Gasteiger partial charge in [-0.2, -0.15) is 0 Å². The van der Waals surface area contributed by atoms with Crippen molar-refractivity contribution in [3.05, 3.63) is 12.2 Å². The molecule has 3 rings (SSSR count). The Morgan fingerprint density at radius 3 is 2.57 bits per heavy atom. The summed E-state index contributed by atoms with van der Waals surface area (Å²) in [5, 5.41) is 0. The van der Waals surface area contributed by atoms with E-state index in [9.17, 15) is 9.59 Å². The van der Waals surface area contributed by atoms with Gasteiger partial charge in [-0.15, -0.1) is 0 Å². The minimum absolute atomic E-state index is 0.285. The first-order valence-electron chi connectivity index (χ1n) is 8.76. The first-order valence-corrected chi connectivity index (χ1v) is 8.76. The van der Waals surface area contributed by atoms with Crippen LogP contribution in [0.1, 0.15) is 53.4 Å². The first kappa shape index (κ1) is 16.5. The SMILES string of the molecule is C=C(C)C(=O)OCC(=O)OC1(C(C)C)C2CC(C)CC3(C2)CC31. The van der Waals surface area contributed by atoms with Gasteiger partial charge in [0.15, 0.2) is 6.61 Å². The fraction of sp³-hybridized carbons (Fsp3) is 0.789. The molecule has 1 spiro atoms. The number of rotatable bonds is 5. The van der Waals surface area contributed by atoms with Gasteiger partial charge in [-0.05, 0) is 49.9 Å². The van der Waals surface area contributed by atoms with E-state index in [1.54, 1.807) is 6.92 Å². The number of fused-ring (bicyclic) bond motifs is 1. The van der Waals surface area contributed by atoms with Crippen LogP contribution < -0.4 is 0 Å². The molecule has 0 amide bonds. The maximum atomic E-state index is 12.3. The van der Waals surface area contributed by atoms with E-state index >= 15 is 0 Å². The Morgan fingerprint density at radius 1 is 1.26 bits per heavy atom. The Balaban J connectivity index is 1.72. The molecule has 23 heavy (non-hydrogen) atoms. The highest BCUT2D eigenvalue weighted by Gasteiger charge is 2.76. The molecular weight excluding hydrogens is 292 g/mol. The standard InChI is InChI=1S/C19H28O4/c1-11(2)17(21)22-10-16(20)23-19(12(3)4)14-6-13(5)7-18(8-14)9-15(18)19/h12-15H,1,6-10H2,2-5H3. The molecule has 128 valence electrons. The van der Waals surface area contributed by atoms with Crippen molar-refractivity contribution in [3.8, 4) is 0 Å². The van der Waals surface area contributed by atoms with Crippen molar-refractivity contribution in [3.63, 3.8) is 0 Å². The molecule has 0 N–H and O–H groups in total. The second kappa shape index (κ2) is 5.35. The van der Waals surface area contributed by atoms with Crippen molar-refractivity contribution in [2.45, 2.75) is 59.0 Å². The summed E-state index contributed by atoms with van der Waals surface area (Å²) in [5.74, 6) is 0.974. The van der Waals surface area contributed by atoms with Crippen LogP contribution in [0.25, 0.3) is 0 Å². The van der Waals surface area contributed by atoms with Gasteiger partial charge in [0.05, 0.1) is 0 Å². The minimum Gasteiger partial charge on any atom is -0.456 e. The summed E-state index contributed by atoms with van der Waals surface area (Å²) in [7, 11) is 0. The zero-order valence-corrected chi connectivity index (χ0v) is 14.7. The number of carbonyl (C=O) groups excluding carboxylic acids is 2. The number of hydrogen-bond donors (Lipinski definition) is 0. The second-order valence-corrected chi connectivity index (χ2v) is 8.40. The van der Waals surface area contributed by atoms with Gasteiger partial charge >= 0.3 is 11.9 Å². The molecule has 4 nitrogen and oxygen atoms in total. The highest BCUT2D eigenvalue weighted by molar-refractivity contribution is 5.88. The zero-order chi connectivity index (χ0) is 17.0.